The largest absolute Gasteiger partial charge is 0.354 e. The zero-order chi connectivity index (χ0) is 17.4. The first kappa shape index (κ1) is 16.1. The van der Waals surface area contributed by atoms with Gasteiger partial charge in [0.1, 0.15) is 11.5 Å². The van der Waals surface area contributed by atoms with Gasteiger partial charge in [0.2, 0.25) is 0 Å². The lowest BCUT2D eigenvalue weighted by atomic mass is 9.94. The molecular formula is C18H23N5O2. The van der Waals surface area contributed by atoms with Gasteiger partial charge in [-0.1, -0.05) is 6.42 Å². The lowest BCUT2D eigenvalue weighted by Gasteiger charge is -2.09. The van der Waals surface area contributed by atoms with Gasteiger partial charge in [0.15, 0.2) is 11.6 Å². The maximum atomic E-state index is 12.6. The number of hydrogen-bond acceptors (Lipinski definition) is 4. The van der Waals surface area contributed by atoms with E-state index < -0.39 is 0 Å². The highest BCUT2D eigenvalue weighted by molar-refractivity contribution is 6.04. The quantitative estimate of drug-likeness (QED) is 0.894. The fourth-order valence-corrected chi connectivity index (χ4v) is 3.92. The molecule has 3 heterocycles. The molecule has 0 saturated carbocycles. The predicted octanol–water partition coefficient (Wildman–Crippen LogP) is 2.09. The van der Waals surface area contributed by atoms with Gasteiger partial charge in [-0.15, -0.1) is 10.2 Å². The van der Waals surface area contributed by atoms with Gasteiger partial charge in [-0.25, -0.2) is 0 Å². The molecular weight excluding hydrogens is 318 g/mol. The van der Waals surface area contributed by atoms with Gasteiger partial charge >= 0.3 is 0 Å². The summed E-state index contributed by atoms with van der Waals surface area (Å²) < 4.78 is 2.13. The number of aromatic amines is 1. The number of nitrogens with one attached hydrogen (secondary N) is 2. The number of carbonyl (C=O) groups is 2. The number of carbonyl (C=O) groups excluding carboxylic acids is 2. The topological polar surface area (TPSA) is 92.7 Å². The fraction of sp³-hybridized carbons (Fsp3) is 0.556. The van der Waals surface area contributed by atoms with Crippen molar-refractivity contribution in [3.63, 3.8) is 0 Å². The Morgan fingerprint density at radius 2 is 2.04 bits per heavy atom. The zero-order valence-electron chi connectivity index (χ0n) is 14.5. The van der Waals surface area contributed by atoms with E-state index in [1.54, 1.807) is 0 Å². The molecule has 0 saturated heterocycles. The number of nitrogens with zero attached hydrogens (tertiary/aromatic N) is 3. The van der Waals surface area contributed by atoms with Crippen molar-refractivity contribution >= 4 is 11.7 Å². The highest BCUT2D eigenvalue weighted by Gasteiger charge is 2.26. The van der Waals surface area contributed by atoms with E-state index in [4.69, 9.17) is 0 Å². The van der Waals surface area contributed by atoms with Crippen molar-refractivity contribution in [1.82, 2.24) is 25.1 Å². The Balaban J connectivity index is 1.50. The summed E-state index contributed by atoms with van der Waals surface area (Å²) in [6.07, 6.45) is 6.66. The highest BCUT2D eigenvalue weighted by Crippen LogP contribution is 2.26. The molecule has 2 aromatic rings. The van der Waals surface area contributed by atoms with E-state index in [-0.39, 0.29) is 11.7 Å². The molecule has 25 heavy (non-hydrogen) atoms. The summed E-state index contributed by atoms with van der Waals surface area (Å²) in [6, 6.07) is 0. The number of H-pyrrole nitrogens is 1. The van der Waals surface area contributed by atoms with Crippen LogP contribution < -0.4 is 5.32 Å². The Labute approximate surface area is 146 Å². The number of aryl methyl sites for hydroxylation is 2. The first-order valence-electron chi connectivity index (χ1n) is 9.09. The first-order valence-corrected chi connectivity index (χ1v) is 9.09. The Morgan fingerprint density at radius 1 is 1.16 bits per heavy atom. The van der Waals surface area contributed by atoms with Crippen LogP contribution in [0.1, 0.15) is 75.9 Å². The Bertz CT molecular complexity index is 833. The highest BCUT2D eigenvalue weighted by atomic mass is 16.2. The molecule has 1 aliphatic carbocycles. The fourth-order valence-electron chi connectivity index (χ4n) is 3.92. The number of ketones is 1. The number of Topliss-reactive ketones (excluding diaryl/α,β-unsaturated/α-hetero) is 1. The van der Waals surface area contributed by atoms with E-state index in [0.717, 1.165) is 61.6 Å². The number of rotatable bonds is 3. The van der Waals surface area contributed by atoms with E-state index >= 15 is 0 Å². The van der Waals surface area contributed by atoms with Crippen molar-refractivity contribution in [2.75, 3.05) is 0 Å². The van der Waals surface area contributed by atoms with Crippen LogP contribution in [-0.4, -0.2) is 31.4 Å². The van der Waals surface area contributed by atoms with Crippen LogP contribution in [0.3, 0.4) is 0 Å². The molecule has 0 aromatic carbocycles. The number of hydrogen-bond donors (Lipinski definition) is 2. The van der Waals surface area contributed by atoms with Crippen LogP contribution in [0.15, 0.2) is 0 Å². The van der Waals surface area contributed by atoms with Gasteiger partial charge in [0.25, 0.3) is 5.91 Å². The van der Waals surface area contributed by atoms with E-state index in [0.29, 0.717) is 24.2 Å². The summed E-state index contributed by atoms with van der Waals surface area (Å²) in [6.45, 7) is 3.11. The molecule has 0 bridgehead atoms. The van der Waals surface area contributed by atoms with Gasteiger partial charge in [-0.3, -0.25) is 9.59 Å². The van der Waals surface area contributed by atoms with Crippen molar-refractivity contribution in [2.24, 2.45) is 0 Å². The third-order valence-electron chi connectivity index (χ3n) is 5.26. The Hall–Kier alpha value is -2.44. The van der Waals surface area contributed by atoms with Gasteiger partial charge in [-0.2, -0.15) is 0 Å². The minimum Gasteiger partial charge on any atom is -0.354 e. The summed E-state index contributed by atoms with van der Waals surface area (Å²) >= 11 is 0. The molecule has 2 aliphatic rings. The third-order valence-corrected chi connectivity index (χ3v) is 5.26. The molecule has 132 valence electrons. The molecule has 1 aliphatic heterocycles. The average molecular weight is 341 g/mol. The van der Waals surface area contributed by atoms with Gasteiger partial charge in [-0.05, 0) is 38.2 Å². The molecule has 0 radical (unpaired) electrons. The molecule has 1 amide bonds. The summed E-state index contributed by atoms with van der Waals surface area (Å²) in [4.78, 5) is 27.9. The summed E-state index contributed by atoms with van der Waals surface area (Å²) in [5, 5.41) is 11.4. The van der Waals surface area contributed by atoms with Crippen LogP contribution >= 0.6 is 0 Å². The predicted molar refractivity (Wildman–Crippen MR) is 91.5 cm³/mol. The molecule has 0 atom stereocenters. The molecule has 0 unspecified atom stereocenters. The van der Waals surface area contributed by atoms with Gasteiger partial charge < -0.3 is 14.9 Å². The van der Waals surface area contributed by atoms with Crippen LogP contribution in [0.5, 0.6) is 0 Å². The van der Waals surface area contributed by atoms with Crippen molar-refractivity contribution in [3.8, 4) is 0 Å². The second-order valence-corrected chi connectivity index (χ2v) is 6.93. The normalized spacial score (nSPS) is 16.9. The van der Waals surface area contributed by atoms with Crippen molar-refractivity contribution in [1.29, 1.82) is 0 Å². The number of aromatic nitrogens is 4. The number of fused-ring (bicyclic) bond motifs is 2. The minimum absolute atomic E-state index is 0.136. The van der Waals surface area contributed by atoms with Crippen LogP contribution in [0.25, 0.3) is 0 Å². The standard InChI is InChI=1S/C18H23N5O2/c1-11-16-12(6-5-7-13(16)24)20-17(11)18(25)19-10-15-22-21-14-8-3-2-4-9-23(14)15/h20H,2-10H2,1H3,(H,19,25). The number of amides is 1. The van der Waals surface area contributed by atoms with E-state index in [1.807, 2.05) is 6.92 Å². The lowest BCUT2D eigenvalue weighted by Crippen LogP contribution is -2.26. The molecule has 0 fully saturated rings. The van der Waals surface area contributed by atoms with Crippen LogP contribution in [-0.2, 0) is 25.9 Å². The van der Waals surface area contributed by atoms with E-state index in [1.165, 1.54) is 6.42 Å². The summed E-state index contributed by atoms with van der Waals surface area (Å²) in [5.41, 5.74) is 2.87. The van der Waals surface area contributed by atoms with Gasteiger partial charge in [0, 0.05) is 30.6 Å². The van der Waals surface area contributed by atoms with Crippen molar-refractivity contribution < 1.29 is 9.59 Å². The lowest BCUT2D eigenvalue weighted by molar-refractivity contribution is 0.0943. The molecule has 0 spiro atoms. The summed E-state index contributed by atoms with van der Waals surface area (Å²) in [5.74, 6) is 1.76. The molecule has 2 N–H and O–H groups in total. The van der Waals surface area contributed by atoms with E-state index in [9.17, 15) is 9.59 Å². The van der Waals surface area contributed by atoms with Crippen LogP contribution in [0, 0.1) is 6.92 Å². The van der Waals surface area contributed by atoms with Crippen LogP contribution in [0.2, 0.25) is 0 Å². The molecule has 2 aromatic heterocycles. The second kappa shape index (κ2) is 6.46. The maximum Gasteiger partial charge on any atom is 0.268 e. The smallest absolute Gasteiger partial charge is 0.268 e. The average Bonchev–Trinajstić information content (AvgIpc) is 3.05. The van der Waals surface area contributed by atoms with Crippen molar-refractivity contribution in [2.45, 2.75) is 65.0 Å². The Kier molecular flexibility index (Phi) is 4.15. The van der Waals surface area contributed by atoms with Crippen LogP contribution in [0.4, 0.5) is 0 Å². The zero-order valence-corrected chi connectivity index (χ0v) is 14.5. The van der Waals surface area contributed by atoms with E-state index in [2.05, 4.69) is 25.1 Å². The molecule has 7 heteroatoms. The third kappa shape index (κ3) is 2.88. The summed E-state index contributed by atoms with van der Waals surface area (Å²) in [7, 11) is 0. The first-order chi connectivity index (χ1) is 12.1. The maximum absolute atomic E-state index is 12.6. The van der Waals surface area contributed by atoms with Gasteiger partial charge in [0.05, 0.1) is 6.54 Å². The molecule has 7 nitrogen and oxygen atoms in total. The van der Waals surface area contributed by atoms with Crippen molar-refractivity contribution in [3.05, 3.63) is 34.2 Å². The SMILES string of the molecule is Cc1c(C(=O)NCc2nnc3n2CCCCC3)[nH]c2c1C(=O)CCC2. The minimum atomic E-state index is -0.189. The Morgan fingerprint density at radius 3 is 2.88 bits per heavy atom. The second-order valence-electron chi connectivity index (χ2n) is 6.93. The monoisotopic (exact) mass is 341 g/mol. The molecule has 4 rings (SSSR count).